The van der Waals surface area contributed by atoms with E-state index in [0.717, 1.165) is 16.7 Å². The maximum atomic E-state index is 12.8. The van der Waals surface area contributed by atoms with Crippen LogP contribution in [0.15, 0.2) is 71.6 Å². The Balaban J connectivity index is 1.41. The van der Waals surface area contributed by atoms with Crippen molar-refractivity contribution in [3.05, 3.63) is 97.9 Å². The van der Waals surface area contributed by atoms with Gasteiger partial charge in [0.05, 0.1) is 29.0 Å². The van der Waals surface area contributed by atoms with Crippen LogP contribution in [0.4, 0.5) is 10.5 Å². The molecule has 0 aromatic heterocycles. The summed E-state index contributed by atoms with van der Waals surface area (Å²) in [6.45, 7) is 0.196. The number of imide groups is 1. The van der Waals surface area contributed by atoms with Gasteiger partial charge in [-0.25, -0.2) is 4.79 Å². The van der Waals surface area contributed by atoms with E-state index in [1.165, 1.54) is 43.5 Å². The van der Waals surface area contributed by atoms with E-state index in [0.29, 0.717) is 16.3 Å². The molecular formula is C26H19ClN2O8S. The van der Waals surface area contributed by atoms with Crippen molar-refractivity contribution in [2.45, 2.75) is 0 Å². The molecule has 0 spiro atoms. The van der Waals surface area contributed by atoms with Crippen LogP contribution in [0.1, 0.15) is 15.9 Å². The van der Waals surface area contributed by atoms with Gasteiger partial charge in [0.2, 0.25) is 0 Å². The summed E-state index contributed by atoms with van der Waals surface area (Å²) >= 11 is 6.65. The molecule has 4 rings (SSSR count). The van der Waals surface area contributed by atoms with Gasteiger partial charge in [-0.15, -0.1) is 0 Å². The summed E-state index contributed by atoms with van der Waals surface area (Å²) in [5.41, 5.74) is 0.511. The molecule has 0 saturated carbocycles. The van der Waals surface area contributed by atoms with Gasteiger partial charge in [-0.2, -0.15) is 0 Å². The molecule has 3 aromatic rings. The van der Waals surface area contributed by atoms with E-state index in [-0.39, 0.29) is 40.8 Å². The number of nitrogens with zero attached hydrogens (tertiary/aromatic N) is 2. The van der Waals surface area contributed by atoms with E-state index < -0.39 is 22.0 Å². The zero-order chi connectivity index (χ0) is 27.2. The zero-order valence-electron chi connectivity index (χ0n) is 19.8. The van der Waals surface area contributed by atoms with Crippen LogP contribution in [0.25, 0.3) is 6.08 Å². The third kappa shape index (κ3) is 6.31. The molecule has 1 aliphatic rings. The first-order chi connectivity index (χ1) is 18.2. The van der Waals surface area contributed by atoms with Crippen molar-refractivity contribution in [1.29, 1.82) is 0 Å². The number of benzene rings is 3. The monoisotopic (exact) mass is 554 g/mol. The Bertz CT molecular complexity index is 1420. The number of methoxy groups -OCH3 is 1. The largest absolute Gasteiger partial charge is 0.493 e. The van der Waals surface area contributed by atoms with E-state index >= 15 is 0 Å². The molecule has 1 fully saturated rings. The fourth-order valence-electron chi connectivity index (χ4n) is 3.37. The van der Waals surface area contributed by atoms with Crippen molar-refractivity contribution in [3.63, 3.8) is 0 Å². The molecular weight excluding hydrogens is 536 g/mol. The lowest BCUT2D eigenvalue weighted by Gasteiger charge is -2.13. The summed E-state index contributed by atoms with van der Waals surface area (Å²) in [5.74, 6) is -0.288. The van der Waals surface area contributed by atoms with Crippen LogP contribution in [0.2, 0.25) is 5.02 Å². The maximum Gasteiger partial charge on any atom is 0.343 e. The van der Waals surface area contributed by atoms with Gasteiger partial charge in [0, 0.05) is 17.2 Å². The Morgan fingerprint density at radius 2 is 1.76 bits per heavy atom. The van der Waals surface area contributed by atoms with E-state index in [1.54, 1.807) is 36.4 Å². The van der Waals surface area contributed by atoms with E-state index in [9.17, 15) is 24.5 Å². The summed E-state index contributed by atoms with van der Waals surface area (Å²) < 4.78 is 16.3. The van der Waals surface area contributed by atoms with Crippen molar-refractivity contribution < 1.29 is 33.5 Å². The molecule has 0 bridgehead atoms. The van der Waals surface area contributed by atoms with Crippen molar-refractivity contribution in [1.82, 2.24) is 4.90 Å². The minimum atomic E-state index is -0.729. The molecule has 3 aromatic carbocycles. The van der Waals surface area contributed by atoms with E-state index in [2.05, 4.69) is 0 Å². The number of ether oxygens (including phenoxy) is 3. The van der Waals surface area contributed by atoms with Crippen LogP contribution in [-0.2, 0) is 4.79 Å². The number of hydrogen-bond donors (Lipinski definition) is 0. The Morgan fingerprint density at radius 1 is 1.05 bits per heavy atom. The Labute approximate surface area is 225 Å². The van der Waals surface area contributed by atoms with Crippen LogP contribution < -0.4 is 14.2 Å². The zero-order valence-corrected chi connectivity index (χ0v) is 21.4. The van der Waals surface area contributed by atoms with Crippen molar-refractivity contribution >= 4 is 52.2 Å². The number of rotatable bonds is 9. The molecule has 0 unspecified atom stereocenters. The molecule has 38 heavy (non-hydrogen) atoms. The summed E-state index contributed by atoms with van der Waals surface area (Å²) in [4.78, 5) is 49.2. The average Bonchev–Trinajstić information content (AvgIpc) is 3.17. The predicted molar refractivity (Wildman–Crippen MR) is 141 cm³/mol. The van der Waals surface area contributed by atoms with Crippen LogP contribution in [-0.4, -0.2) is 47.2 Å². The second-order valence-electron chi connectivity index (χ2n) is 7.74. The standard InChI is InChI=1S/C26H19ClN2O8S/c1-35-22-14-16(2-11-21(22)37-25(31)17-3-7-19(8-4-17)29(33)34)15-23-24(30)28(26(32)38-23)12-13-36-20-9-5-18(27)6-10-20/h2-11,14-15H,12-13H2,1H3/b23-15-. The number of carbonyl (C=O) groups excluding carboxylic acids is 3. The molecule has 0 atom stereocenters. The summed E-state index contributed by atoms with van der Waals surface area (Å²) in [7, 11) is 1.39. The maximum absolute atomic E-state index is 12.8. The molecule has 1 heterocycles. The van der Waals surface area contributed by atoms with E-state index in [4.69, 9.17) is 25.8 Å². The Morgan fingerprint density at radius 3 is 2.42 bits per heavy atom. The number of nitro groups is 1. The number of nitro benzene ring substituents is 1. The van der Waals surface area contributed by atoms with Crippen LogP contribution >= 0.6 is 23.4 Å². The van der Waals surface area contributed by atoms with Gasteiger partial charge >= 0.3 is 5.97 Å². The first-order valence-corrected chi connectivity index (χ1v) is 12.2. The summed E-state index contributed by atoms with van der Waals surface area (Å²) in [6, 6.07) is 16.3. The van der Waals surface area contributed by atoms with Crippen LogP contribution in [0.5, 0.6) is 17.2 Å². The lowest BCUT2D eigenvalue weighted by atomic mass is 10.1. The number of hydrogen-bond acceptors (Lipinski definition) is 9. The first-order valence-electron chi connectivity index (χ1n) is 11.0. The van der Waals surface area contributed by atoms with Gasteiger partial charge in [-0.1, -0.05) is 17.7 Å². The smallest absolute Gasteiger partial charge is 0.343 e. The highest BCUT2D eigenvalue weighted by Gasteiger charge is 2.34. The van der Waals surface area contributed by atoms with Gasteiger partial charge in [-0.05, 0) is 71.9 Å². The van der Waals surface area contributed by atoms with Crippen molar-refractivity contribution in [2.24, 2.45) is 0 Å². The van der Waals surface area contributed by atoms with Crippen molar-refractivity contribution in [3.8, 4) is 17.2 Å². The highest BCUT2D eigenvalue weighted by Crippen LogP contribution is 2.35. The van der Waals surface area contributed by atoms with Crippen LogP contribution in [0.3, 0.4) is 0 Å². The molecule has 12 heteroatoms. The van der Waals surface area contributed by atoms with Gasteiger partial charge in [0.15, 0.2) is 11.5 Å². The summed E-state index contributed by atoms with van der Waals surface area (Å²) in [5, 5.41) is 10.9. The number of esters is 1. The molecule has 194 valence electrons. The highest BCUT2D eigenvalue weighted by molar-refractivity contribution is 8.18. The molecule has 1 aliphatic heterocycles. The Hall–Kier alpha value is -4.35. The van der Waals surface area contributed by atoms with E-state index in [1.807, 2.05) is 0 Å². The second-order valence-corrected chi connectivity index (χ2v) is 9.17. The SMILES string of the molecule is COc1cc(/C=C2\SC(=O)N(CCOc3ccc(Cl)cc3)C2=O)ccc1OC(=O)c1ccc([N+](=O)[O-])cc1. The highest BCUT2D eigenvalue weighted by atomic mass is 35.5. The summed E-state index contributed by atoms with van der Waals surface area (Å²) in [6.07, 6.45) is 1.54. The number of halogens is 1. The fraction of sp³-hybridized carbons (Fsp3) is 0.115. The van der Waals surface area contributed by atoms with Gasteiger partial charge in [0.1, 0.15) is 12.4 Å². The minimum absolute atomic E-state index is 0.0749. The third-order valence-corrected chi connectivity index (χ3v) is 6.43. The minimum Gasteiger partial charge on any atom is -0.493 e. The topological polar surface area (TPSA) is 125 Å². The number of non-ortho nitro benzene ring substituents is 1. The predicted octanol–water partition coefficient (Wildman–Crippen LogP) is 5.59. The van der Waals surface area contributed by atoms with Gasteiger partial charge in [0.25, 0.3) is 16.8 Å². The van der Waals surface area contributed by atoms with Crippen LogP contribution in [0, 0.1) is 10.1 Å². The quantitative estimate of drug-likeness (QED) is 0.109. The van der Waals surface area contributed by atoms with Gasteiger partial charge < -0.3 is 14.2 Å². The molecule has 10 nitrogen and oxygen atoms in total. The van der Waals surface area contributed by atoms with Crippen molar-refractivity contribution in [2.75, 3.05) is 20.3 Å². The lowest BCUT2D eigenvalue weighted by Crippen LogP contribution is -2.32. The number of amides is 2. The fourth-order valence-corrected chi connectivity index (χ4v) is 4.36. The molecule has 0 aliphatic carbocycles. The number of carbonyl (C=O) groups is 3. The second kappa shape index (κ2) is 11.8. The molecule has 2 amide bonds. The van der Waals surface area contributed by atoms with Gasteiger partial charge in [-0.3, -0.25) is 24.6 Å². The lowest BCUT2D eigenvalue weighted by molar-refractivity contribution is -0.384. The normalized spacial score (nSPS) is 14.1. The molecule has 1 saturated heterocycles. The average molecular weight is 555 g/mol. The Kier molecular flexibility index (Phi) is 8.29. The molecule has 0 N–H and O–H groups in total. The molecule has 0 radical (unpaired) electrons. The third-order valence-electron chi connectivity index (χ3n) is 5.27. The number of thioether (sulfide) groups is 1. The first kappa shape index (κ1) is 26.7.